The first-order valence-corrected chi connectivity index (χ1v) is 5.81. The van der Waals surface area contributed by atoms with Crippen molar-refractivity contribution in [2.75, 3.05) is 6.79 Å². The number of pyridine rings is 1. The third-order valence-corrected chi connectivity index (χ3v) is 3.52. The van der Waals surface area contributed by atoms with Gasteiger partial charge in [-0.3, -0.25) is 4.98 Å². The molecule has 0 aliphatic carbocycles. The Morgan fingerprint density at radius 1 is 1.24 bits per heavy atom. The highest BCUT2D eigenvalue weighted by Gasteiger charge is 2.25. The van der Waals surface area contributed by atoms with Gasteiger partial charge in [0.2, 0.25) is 6.79 Å². The summed E-state index contributed by atoms with van der Waals surface area (Å²) in [6.07, 6.45) is 1.90. The zero-order valence-electron chi connectivity index (χ0n) is 8.92. The van der Waals surface area contributed by atoms with E-state index >= 15 is 0 Å². The van der Waals surface area contributed by atoms with Crippen LogP contribution in [0.25, 0.3) is 10.9 Å². The van der Waals surface area contributed by atoms with Crippen molar-refractivity contribution in [3.05, 3.63) is 28.4 Å². The van der Waals surface area contributed by atoms with Gasteiger partial charge in [-0.15, -0.1) is 0 Å². The van der Waals surface area contributed by atoms with Crippen LogP contribution in [0, 0.1) is 0 Å². The normalized spacial score (nSPS) is 16.5. The number of nitrogens with one attached hydrogen (secondary N) is 1. The number of hydrogen-bond donors (Lipinski definition) is 1. The fourth-order valence-corrected chi connectivity index (χ4v) is 2.72. The number of rotatable bonds is 0. The van der Waals surface area contributed by atoms with Crippen LogP contribution in [0.2, 0.25) is 5.02 Å². The second kappa shape index (κ2) is 3.24. The quantitative estimate of drug-likeness (QED) is 0.776. The van der Waals surface area contributed by atoms with Crippen molar-refractivity contribution >= 4 is 22.5 Å². The van der Waals surface area contributed by atoms with Crippen LogP contribution in [0.5, 0.6) is 11.5 Å². The van der Waals surface area contributed by atoms with Gasteiger partial charge in [-0.2, -0.15) is 0 Å². The summed E-state index contributed by atoms with van der Waals surface area (Å²) in [5.74, 6) is 1.38. The Labute approximate surface area is 102 Å². The predicted octanol–water partition coefficient (Wildman–Crippen LogP) is 2.22. The molecule has 0 saturated heterocycles. The number of ether oxygens (including phenoxy) is 2. The summed E-state index contributed by atoms with van der Waals surface area (Å²) in [7, 11) is 0. The molecular weight excluding hydrogens is 240 g/mol. The Kier molecular flexibility index (Phi) is 1.81. The molecule has 1 aromatic heterocycles. The van der Waals surface area contributed by atoms with Crippen LogP contribution >= 0.6 is 11.6 Å². The molecule has 2 aromatic rings. The van der Waals surface area contributed by atoms with Gasteiger partial charge in [0, 0.05) is 19.3 Å². The van der Waals surface area contributed by atoms with Crippen LogP contribution in [0.1, 0.15) is 11.1 Å². The lowest BCUT2D eigenvalue weighted by Gasteiger charge is -2.08. The van der Waals surface area contributed by atoms with Crippen molar-refractivity contribution in [3.63, 3.8) is 0 Å². The molecule has 86 valence electrons. The van der Waals surface area contributed by atoms with Gasteiger partial charge in [0.05, 0.1) is 15.9 Å². The summed E-state index contributed by atoms with van der Waals surface area (Å²) >= 11 is 6.14. The van der Waals surface area contributed by atoms with Crippen LogP contribution in [0.15, 0.2) is 12.3 Å². The van der Waals surface area contributed by atoms with E-state index in [2.05, 4.69) is 10.3 Å². The van der Waals surface area contributed by atoms with Crippen molar-refractivity contribution in [1.82, 2.24) is 10.3 Å². The molecule has 0 fully saturated rings. The molecular formula is C12H9ClN2O2. The first-order chi connectivity index (χ1) is 8.34. The molecule has 0 spiro atoms. The molecule has 3 heterocycles. The maximum Gasteiger partial charge on any atom is 0.231 e. The molecule has 2 aliphatic rings. The molecule has 4 nitrogen and oxygen atoms in total. The molecule has 5 heteroatoms. The van der Waals surface area contributed by atoms with E-state index in [4.69, 9.17) is 21.1 Å². The van der Waals surface area contributed by atoms with E-state index in [1.54, 1.807) is 0 Å². The van der Waals surface area contributed by atoms with Crippen LogP contribution in [-0.2, 0) is 13.1 Å². The van der Waals surface area contributed by atoms with E-state index in [9.17, 15) is 0 Å². The molecule has 0 atom stereocenters. The van der Waals surface area contributed by atoms with Crippen molar-refractivity contribution in [2.45, 2.75) is 13.1 Å². The average Bonchev–Trinajstić information content (AvgIpc) is 2.96. The SMILES string of the molecule is Clc1cc2ncc3c(c2c2c1OCO2)CNC3. The molecule has 0 saturated carbocycles. The van der Waals surface area contributed by atoms with Gasteiger partial charge >= 0.3 is 0 Å². The lowest BCUT2D eigenvalue weighted by atomic mass is 10.0. The maximum atomic E-state index is 6.14. The van der Waals surface area contributed by atoms with Gasteiger partial charge in [0.1, 0.15) is 0 Å². The highest BCUT2D eigenvalue weighted by molar-refractivity contribution is 6.33. The minimum Gasteiger partial charge on any atom is -0.453 e. The van der Waals surface area contributed by atoms with Gasteiger partial charge in [-0.05, 0) is 17.2 Å². The largest absolute Gasteiger partial charge is 0.453 e. The Bertz CT molecular complexity index is 642. The zero-order valence-corrected chi connectivity index (χ0v) is 9.67. The predicted molar refractivity (Wildman–Crippen MR) is 63.4 cm³/mol. The fraction of sp³-hybridized carbons (Fsp3) is 0.250. The fourth-order valence-electron chi connectivity index (χ4n) is 2.47. The Balaban J connectivity index is 2.17. The standard InChI is InChI=1S/C12H9ClN2O2/c13-8-1-9-10(12-11(8)16-5-17-12)7-4-14-2-6(7)3-15-9/h1,3,14H,2,4-5H2. The topological polar surface area (TPSA) is 43.4 Å². The zero-order chi connectivity index (χ0) is 11.4. The molecule has 1 N–H and O–H groups in total. The summed E-state index contributed by atoms with van der Waals surface area (Å²) in [5, 5.41) is 4.91. The molecule has 17 heavy (non-hydrogen) atoms. The molecule has 0 unspecified atom stereocenters. The van der Waals surface area contributed by atoms with Crippen LogP contribution in [0.4, 0.5) is 0 Å². The molecule has 0 amide bonds. The summed E-state index contributed by atoms with van der Waals surface area (Å²) in [6.45, 7) is 1.92. The van der Waals surface area contributed by atoms with Crippen LogP contribution in [0.3, 0.4) is 0 Å². The number of aromatic nitrogens is 1. The van der Waals surface area contributed by atoms with E-state index in [1.165, 1.54) is 11.1 Å². The summed E-state index contributed by atoms with van der Waals surface area (Å²) < 4.78 is 10.9. The van der Waals surface area contributed by atoms with Gasteiger partial charge in [-0.25, -0.2) is 0 Å². The van der Waals surface area contributed by atoms with E-state index in [0.29, 0.717) is 10.8 Å². The van der Waals surface area contributed by atoms with Gasteiger partial charge in [0.25, 0.3) is 0 Å². The summed E-state index contributed by atoms with van der Waals surface area (Å²) in [6, 6.07) is 1.84. The molecule has 0 radical (unpaired) electrons. The minimum absolute atomic E-state index is 0.227. The minimum atomic E-state index is 0.227. The van der Waals surface area contributed by atoms with Gasteiger partial charge in [0.15, 0.2) is 11.5 Å². The summed E-state index contributed by atoms with van der Waals surface area (Å²) in [4.78, 5) is 4.43. The van der Waals surface area contributed by atoms with Crippen LogP contribution < -0.4 is 14.8 Å². The molecule has 4 rings (SSSR count). The van der Waals surface area contributed by atoms with Crippen molar-refractivity contribution in [1.29, 1.82) is 0 Å². The van der Waals surface area contributed by atoms with E-state index in [0.717, 1.165) is 29.7 Å². The number of halogens is 1. The number of benzene rings is 1. The first-order valence-electron chi connectivity index (χ1n) is 5.44. The third-order valence-electron chi connectivity index (χ3n) is 3.24. The van der Waals surface area contributed by atoms with Crippen molar-refractivity contribution in [3.8, 4) is 11.5 Å². The lowest BCUT2D eigenvalue weighted by molar-refractivity contribution is 0.175. The first kappa shape index (κ1) is 9.50. The monoisotopic (exact) mass is 248 g/mol. The lowest BCUT2D eigenvalue weighted by Crippen LogP contribution is -2.00. The second-order valence-electron chi connectivity index (χ2n) is 4.18. The maximum absolute atomic E-state index is 6.14. The summed E-state index contributed by atoms with van der Waals surface area (Å²) in [5.41, 5.74) is 3.33. The Morgan fingerprint density at radius 3 is 3.06 bits per heavy atom. The number of nitrogens with zero attached hydrogens (tertiary/aromatic N) is 1. The highest BCUT2D eigenvalue weighted by atomic mass is 35.5. The van der Waals surface area contributed by atoms with Gasteiger partial charge in [-0.1, -0.05) is 11.6 Å². The third kappa shape index (κ3) is 1.19. The van der Waals surface area contributed by atoms with Crippen molar-refractivity contribution < 1.29 is 9.47 Å². The van der Waals surface area contributed by atoms with Crippen molar-refractivity contribution in [2.24, 2.45) is 0 Å². The number of fused-ring (bicyclic) bond motifs is 5. The molecule has 1 aromatic carbocycles. The van der Waals surface area contributed by atoms with Crippen LogP contribution in [-0.4, -0.2) is 11.8 Å². The Morgan fingerprint density at radius 2 is 2.12 bits per heavy atom. The molecule has 0 bridgehead atoms. The van der Waals surface area contributed by atoms with E-state index in [-0.39, 0.29) is 6.79 Å². The van der Waals surface area contributed by atoms with E-state index in [1.807, 2.05) is 12.3 Å². The average molecular weight is 249 g/mol. The second-order valence-corrected chi connectivity index (χ2v) is 4.59. The smallest absolute Gasteiger partial charge is 0.231 e. The number of hydrogen-bond acceptors (Lipinski definition) is 4. The van der Waals surface area contributed by atoms with E-state index < -0.39 is 0 Å². The Hall–Kier alpha value is -1.52. The van der Waals surface area contributed by atoms with Gasteiger partial charge < -0.3 is 14.8 Å². The highest BCUT2D eigenvalue weighted by Crippen LogP contribution is 2.46. The molecule has 2 aliphatic heterocycles.